The molecule has 0 atom stereocenters. The molecule has 2 aromatic heterocycles. The zero-order valence-electron chi connectivity index (χ0n) is 11.4. The normalized spacial score (nSPS) is 14.2. The Morgan fingerprint density at radius 3 is 3.10 bits per heavy atom. The Bertz CT molecular complexity index is 824. The molecular formula is C16H14N4O. The largest absolute Gasteiger partial charge is 0.343 e. The van der Waals surface area contributed by atoms with Gasteiger partial charge in [0, 0.05) is 18.4 Å². The van der Waals surface area contributed by atoms with E-state index in [4.69, 9.17) is 0 Å². The van der Waals surface area contributed by atoms with E-state index in [1.165, 1.54) is 5.56 Å². The van der Waals surface area contributed by atoms with Crippen molar-refractivity contribution < 1.29 is 4.79 Å². The molecule has 0 aliphatic carbocycles. The third-order valence-electron chi connectivity index (χ3n) is 3.88. The lowest BCUT2D eigenvalue weighted by Gasteiger charge is -2.29. The first-order valence-corrected chi connectivity index (χ1v) is 7.02. The highest BCUT2D eigenvalue weighted by atomic mass is 16.2. The highest BCUT2D eigenvalue weighted by Crippen LogP contribution is 2.28. The van der Waals surface area contributed by atoms with Crippen molar-refractivity contribution in [2.45, 2.75) is 12.8 Å². The standard InChI is InChI=1S/C16H14N4O/c21-16(12-8-13-15(17-9-12)19-10-18-13)20-7-3-5-11-4-1-2-6-14(11)20/h1-2,4,6,8-10H,3,5,7H2,(H,17,18,19). The fourth-order valence-electron chi connectivity index (χ4n) is 2.85. The Hall–Kier alpha value is -2.69. The van der Waals surface area contributed by atoms with Gasteiger partial charge in [0.25, 0.3) is 5.91 Å². The van der Waals surface area contributed by atoms with Crippen LogP contribution in [0.15, 0.2) is 42.9 Å². The van der Waals surface area contributed by atoms with Crippen molar-refractivity contribution in [3.8, 4) is 0 Å². The Morgan fingerprint density at radius 2 is 2.14 bits per heavy atom. The zero-order valence-corrected chi connectivity index (χ0v) is 11.4. The van der Waals surface area contributed by atoms with Gasteiger partial charge in [-0.25, -0.2) is 9.97 Å². The van der Waals surface area contributed by atoms with Gasteiger partial charge in [-0.05, 0) is 30.5 Å². The number of aryl methyl sites for hydroxylation is 1. The predicted octanol–water partition coefficient (Wildman–Crippen LogP) is 2.55. The number of anilines is 1. The SMILES string of the molecule is O=C(c1cnc2nc[nH]c2c1)N1CCCc2ccccc21. The maximum atomic E-state index is 12.8. The van der Waals surface area contributed by atoms with Gasteiger partial charge in [0.1, 0.15) is 0 Å². The predicted molar refractivity (Wildman–Crippen MR) is 80.3 cm³/mol. The van der Waals surface area contributed by atoms with E-state index in [1.807, 2.05) is 29.2 Å². The lowest BCUT2D eigenvalue weighted by atomic mass is 10.0. The molecule has 0 radical (unpaired) electrons. The number of rotatable bonds is 1. The second kappa shape index (κ2) is 4.70. The number of nitrogens with one attached hydrogen (secondary N) is 1. The number of benzene rings is 1. The molecular weight excluding hydrogens is 264 g/mol. The number of carbonyl (C=O) groups excluding carboxylic acids is 1. The molecule has 1 aliphatic rings. The summed E-state index contributed by atoms with van der Waals surface area (Å²) in [4.78, 5) is 25.9. The molecule has 3 heterocycles. The summed E-state index contributed by atoms with van der Waals surface area (Å²) in [6.07, 6.45) is 5.20. The summed E-state index contributed by atoms with van der Waals surface area (Å²) >= 11 is 0. The number of amides is 1. The molecule has 1 aliphatic heterocycles. The molecule has 4 rings (SSSR count). The Morgan fingerprint density at radius 1 is 1.24 bits per heavy atom. The van der Waals surface area contributed by atoms with Gasteiger partial charge in [0.2, 0.25) is 0 Å². The van der Waals surface area contributed by atoms with Crippen LogP contribution >= 0.6 is 0 Å². The molecule has 104 valence electrons. The maximum Gasteiger partial charge on any atom is 0.259 e. The van der Waals surface area contributed by atoms with Gasteiger partial charge in [-0.15, -0.1) is 0 Å². The van der Waals surface area contributed by atoms with Crippen LogP contribution in [0.1, 0.15) is 22.3 Å². The molecule has 0 bridgehead atoms. The third-order valence-corrected chi connectivity index (χ3v) is 3.88. The van der Waals surface area contributed by atoms with Crippen LogP contribution in [0.2, 0.25) is 0 Å². The van der Waals surface area contributed by atoms with Gasteiger partial charge in [-0.1, -0.05) is 18.2 Å². The monoisotopic (exact) mass is 278 g/mol. The summed E-state index contributed by atoms with van der Waals surface area (Å²) in [7, 11) is 0. The molecule has 0 unspecified atom stereocenters. The van der Waals surface area contributed by atoms with E-state index in [-0.39, 0.29) is 5.91 Å². The van der Waals surface area contributed by atoms with Gasteiger partial charge in [-0.2, -0.15) is 0 Å². The summed E-state index contributed by atoms with van der Waals surface area (Å²) in [5.74, 6) is -0.00819. The third kappa shape index (κ3) is 1.98. The number of hydrogen-bond donors (Lipinski definition) is 1. The van der Waals surface area contributed by atoms with Crippen molar-refractivity contribution in [3.05, 3.63) is 54.0 Å². The van der Waals surface area contributed by atoms with Gasteiger partial charge in [0.05, 0.1) is 17.4 Å². The van der Waals surface area contributed by atoms with Crippen molar-refractivity contribution >= 4 is 22.8 Å². The van der Waals surface area contributed by atoms with Crippen molar-refractivity contribution in [2.75, 3.05) is 11.4 Å². The molecule has 0 fully saturated rings. The fraction of sp³-hybridized carbons (Fsp3) is 0.188. The van der Waals surface area contributed by atoms with Gasteiger partial charge >= 0.3 is 0 Å². The second-order valence-electron chi connectivity index (χ2n) is 5.19. The van der Waals surface area contributed by atoms with Crippen LogP contribution in [0.5, 0.6) is 0 Å². The van der Waals surface area contributed by atoms with Crippen LogP contribution in [-0.2, 0) is 6.42 Å². The number of fused-ring (bicyclic) bond motifs is 2. The van der Waals surface area contributed by atoms with Crippen molar-refractivity contribution in [1.82, 2.24) is 15.0 Å². The second-order valence-corrected chi connectivity index (χ2v) is 5.19. The van der Waals surface area contributed by atoms with Crippen LogP contribution in [0.3, 0.4) is 0 Å². The molecule has 1 amide bonds. The minimum Gasteiger partial charge on any atom is -0.343 e. The first-order chi connectivity index (χ1) is 10.3. The first-order valence-electron chi connectivity index (χ1n) is 7.02. The number of aromatic nitrogens is 3. The number of aromatic amines is 1. The summed E-state index contributed by atoms with van der Waals surface area (Å²) in [6.45, 7) is 0.747. The van der Waals surface area contributed by atoms with Gasteiger partial charge in [-0.3, -0.25) is 4.79 Å². The van der Waals surface area contributed by atoms with Gasteiger partial charge in [0.15, 0.2) is 5.65 Å². The van der Waals surface area contributed by atoms with E-state index >= 15 is 0 Å². The van der Waals surface area contributed by atoms with Crippen LogP contribution in [0.25, 0.3) is 11.2 Å². The smallest absolute Gasteiger partial charge is 0.259 e. The summed E-state index contributed by atoms with van der Waals surface area (Å²) in [5, 5.41) is 0. The minimum absolute atomic E-state index is 0.00819. The molecule has 21 heavy (non-hydrogen) atoms. The first kappa shape index (κ1) is 12.1. The highest BCUT2D eigenvalue weighted by molar-refractivity contribution is 6.07. The van der Waals surface area contributed by atoms with E-state index in [2.05, 4.69) is 21.0 Å². The molecule has 3 aromatic rings. The maximum absolute atomic E-state index is 12.8. The number of nitrogens with zero attached hydrogens (tertiary/aromatic N) is 3. The van der Waals surface area contributed by atoms with Gasteiger partial charge < -0.3 is 9.88 Å². The molecule has 0 spiro atoms. The lowest BCUT2D eigenvalue weighted by molar-refractivity contribution is 0.0985. The van der Waals surface area contributed by atoms with Crippen molar-refractivity contribution in [2.24, 2.45) is 0 Å². The van der Waals surface area contributed by atoms with Crippen molar-refractivity contribution in [1.29, 1.82) is 0 Å². The number of para-hydroxylation sites is 1. The van der Waals surface area contributed by atoms with E-state index in [0.717, 1.165) is 30.6 Å². The molecule has 0 saturated carbocycles. The number of pyridine rings is 1. The number of H-pyrrole nitrogens is 1. The Labute approximate surface area is 121 Å². The van der Waals surface area contributed by atoms with E-state index < -0.39 is 0 Å². The molecule has 5 heteroatoms. The molecule has 0 saturated heterocycles. The lowest BCUT2D eigenvalue weighted by Crippen LogP contribution is -2.35. The minimum atomic E-state index is -0.00819. The fourth-order valence-corrected chi connectivity index (χ4v) is 2.85. The Kier molecular flexibility index (Phi) is 2.70. The molecule has 5 nitrogen and oxygen atoms in total. The van der Waals surface area contributed by atoms with E-state index in [9.17, 15) is 4.79 Å². The highest BCUT2D eigenvalue weighted by Gasteiger charge is 2.23. The quantitative estimate of drug-likeness (QED) is 0.744. The van der Waals surface area contributed by atoms with Crippen LogP contribution in [-0.4, -0.2) is 27.4 Å². The zero-order chi connectivity index (χ0) is 14.2. The van der Waals surface area contributed by atoms with Crippen LogP contribution < -0.4 is 4.90 Å². The molecule has 1 N–H and O–H groups in total. The van der Waals surface area contributed by atoms with Crippen molar-refractivity contribution in [3.63, 3.8) is 0 Å². The van der Waals surface area contributed by atoms with E-state index in [1.54, 1.807) is 12.5 Å². The average Bonchev–Trinajstić information content (AvgIpc) is 3.01. The number of carbonyl (C=O) groups is 1. The summed E-state index contributed by atoms with van der Waals surface area (Å²) < 4.78 is 0. The number of hydrogen-bond acceptors (Lipinski definition) is 3. The van der Waals surface area contributed by atoms with Crippen LogP contribution in [0.4, 0.5) is 5.69 Å². The topological polar surface area (TPSA) is 61.9 Å². The number of imidazole rings is 1. The Balaban J connectivity index is 1.75. The van der Waals surface area contributed by atoms with E-state index in [0.29, 0.717) is 11.2 Å². The average molecular weight is 278 g/mol. The summed E-state index contributed by atoms with van der Waals surface area (Å²) in [5.41, 5.74) is 4.24. The molecule has 1 aromatic carbocycles. The van der Waals surface area contributed by atoms with Crippen LogP contribution in [0, 0.1) is 0 Å². The summed E-state index contributed by atoms with van der Waals surface area (Å²) in [6, 6.07) is 9.90.